The van der Waals surface area contributed by atoms with E-state index >= 15 is 0 Å². The van der Waals surface area contributed by atoms with Crippen LogP contribution in [0.1, 0.15) is 11.1 Å². The molecule has 0 aromatic heterocycles. The van der Waals surface area contributed by atoms with Gasteiger partial charge in [0.2, 0.25) is 0 Å². The molecule has 2 aromatic rings. The number of nitrogens with one attached hydrogen (secondary N) is 1. The topological polar surface area (TPSA) is 15.3 Å². The van der Waals surface area contributed by atoms with E-state index in [0.29, 0.717) is 6.04 Å². The second-order valence-electron chi connectivity index (χ2n) is 5.67. The van der Waals surface area contributed by atoms with E-state index in [-0.39, 0.29) is 0 Å². The molecule has 2 nitrogen and oxygen atoms in total. The highest BCUT2D eigenvalue weighted by atomic mass is 79.9. The van der Waals surface area contributed by atoms with E-state index in [1.807, 2.05) is 0 Å². The number of rotatable bonds is 4. The van der Waals surface area contributed by atoms with E-state index in [2.05, 4.69) is 80.7 Å². The molecule has 0 unspecified atom stereocenters. The molecule has 21 heavy (non-hydrogen) atoms. The summed E-state index contributed by atoms with van der Waals surface area (Å²) in [4.78, 5) is 2.55. The summed E-state index contributed by atoms with van der Waals surface area (Å²) < 4.78 is 1.21. The van der Waals surface area contributed by atoms with E-state index in [1.54, 1.807) is 0 Å². The lowest BCUT2D eigenvalue weighted by Crippen LogP contribution is -2.51. The van der Waals surface area contributed by atoms with Crippen LogP contribution in [-0.2, 0) is 13.0 Å². The highest BCUT2D eigenvalue weighted by molar-refractivity contribution is 9.10. The molecule has 1 saturated heterocycles. The number of halogens is 1. The Bertz CT molecular complexity index is 570. The Kier molecular flexibility index (Phi) is 5.07. The van der Waals surface area contributed by atoms with Gasteiger partial charge in [-0.15, -0.1) is 0 Å². The fourth-order valence-corrected chi connectivity index (χ4v) is 3.39. The monoisotopic (exact) mass is 344 g/mol. The van der Waals surface area contributed by atoms with Gasteiger partial charge in [-0.1, -0.05) is 64.5 Å². The summed E-state index contributed by atoms with van der Waals surface area (Å²) in [6.45, 7) is 4.36. The molecule has 0 spiro atoms. The van der Waals surface area contributed by atoms with Crippen molar-refractivity contribution in [1.29, 1.82) is 0 Å². The van der Waals surface area contributed by atoms with Crippen LogP contribution < -0.4 is 5.32 Å². The van der Waals surface area contributed by atoms with Crippen molar-refractivity contribution in [2.75, 3.05) is 19.6 Å². The summed E-state index contributed by atoms with van der Waals surface area (Å²) >= 11 is 3.65. The van der Waals surface area contributed by atoms with E-state index in [0.717, 1.165) is 32.6 Å². The average molecular weight is 345 g/mol. The second kappa shape index (κ2) is 7.21. The van der Waals surface area contributed by atoms with Crippen LogP contribution in [0.2, 0.25) is 0 Å². The van der Waals surface area contributed by atoms with Crippen molar-refractivity contribution < 1.29 is 0 Å². The molecule has 1 N–H and O–H groups in total. The standard InChI is InChI=1S/C18H21BrN2/c19-18-9-5-4-8-16(18)12-17-14-21(11-10-20-17)13-15-6-2-1-3-7-15/h1-9,17,20H,10-14H2/t17-/m1/s1. The largest absolute Gasteiger partial charge is 0.311 e. The van der Waals surface area contributed by atoms with Crippen molar-refractivity contribution in [3.63, 3.8) is 0 Å². The molecule has 1 heterocycles. The molecule has 1 atom stereocenters. The van der Waals surface area contributed by atoms with Crippen molar-refractivity contribution in [2.45, 2.75) is 19.0 Å². The third kappa shape index (κ3) is 4.16. The number of hydrogen-bond donors (Lipinski definition) is 1. The van der Waals surface area contributed by atoms with Crippen LogP contribution in [0.3, 0.4) is 0 Å². The van der Waals surface area contributed by atoms with Crippen molar-refractivity contribution in [3.8, 4) is 0 Å². The first-order valence-electron chi connectivity index (χ1n) is 7.54. The van der Waals surface area contributed by atoms with Crippen LogP contribution in [0.25, 0.3) is 0 Å². The molecule has 2 aromatic carbocycles. The zero-order valence-corrected chi connectivity index (χ0v) is 13.7. The van der Waals surface area contributed by atoms with Crippen LogP contribution in [-0.4, -0.2) is 30.6 Å². The molecule has 0 saturated carbocycles. The molecule has 0 radical (unpaired) electrons. The Balaban J connectivity index is 1.60. The third-order valence-electron chi connectivity index (χ3n) is 4.01. The molecule has 0 amide bonds. The second-order valence-corrected chi connectivity index (χ2v) is 6.52. The Hall–Kier alpha value is -1.16. The molecule has 0 aliphatic carbocycles. The molecule has 1 aliphatic rings. The summed E-state index contributed by atoms with van der Waals surface area (Å²) in [7, 11) is 0. The normalized spacial score (nSPS) is 19.6. The summed E-state index contributed by atoms with van der Waals surface area (Å²) in [6.07, 6.45) is 1.08. The van der Waals surface area contributed by atoms with Crippen LogP contribution in [0.15, 0.2) is 59.1 Å². The van der Waals surface area contributed by atoms with Crippen LogP contribution in [0.4, 0.5) is 0 Å². The molecule has 3 heteroatoms. The lowest BCUT2D eigenvalue weighted by Gasteiger charge is -2.34. The van der Waals surface area contributed by atoms with Gasteiger partial charge in [0.05, 0.1) is 0 Å². The Morgan fingerprint density at radius 2 is 1.81 bits per heavy atom. The molecular formula is C18H21BrN2. The van der Waals surface area contributed by atoms with Gasteiger partial charge in [0.15, 0.2) is 0 Å². The molecule has 0 bridgehead atoms. The molecule has 1 fully saturated rings. The average Bonchev–Trinajstić information content (AvgIpc) is 2.51. The fourth-order valence-electron chi connectivity index (χ4n) is 2.95. The minimum atomic E-state index is 0.529. The van der Waals surface area contributed by atoms with Gasteiger partial charge in [0.25, 0.3) is 0 Å². The van der Waals surface area contributed by atoms with Crippen molar-refractivity contribution in [3.05, 3.63) is 70.2 Å². The van der Waals surface area contributed by atoms with Gasteiger partial charge >= 0.3 is 0 Å². The number of hydrogen-bond acceptors (Lipinski definition) is 2. The van der Waals surface area contributed by atoms with Gasteiger partial charge in [-0.05, 0) is 23.6 Å². The summed E-state index contributed by atoms with van der Waals surface area (Å²) in [6, 6.07) is 19.8. The summed E-state index contributed by atoms with van der Waals surface area (Å²) in [5.74, 6) is 0. The van der Waals surface area contributed by atoms with Crippen molar-refractivity contribution in [2.24, 2.45) is 0 Å². The highest BCUT2D eigenvalue weighted by Crippen LogP contribution is 2.19. The third-order valence-corrected chi connectivity index (χ3v) is 4.79. The Morgan fingerprint density at radius 3 is 2.62 bits per heavy atom. The maximum absolute atomic E-state index is 3.65. The Labute approximate surface area is 135 Å². The maximum atomic E-state index is 3.65. The number of nitrogens with zero attached hydrogens (tertiary/aromatic N) is 1. The molecular weight excluding hydrogens is 324 g/mol. The predicted octanol–water partition coefficient (Wildman–Crippen LogP) is 3.47. The number of benzene rings is 2. The lowest BCUT2D eigenvalue weighted by molar-refractivity contribution is 0.192. The summed E-state index contributed by atoms with van der Waals surface area (Å²) in [5.41, 5.74) is 2.79. The van der Waals surface area contributed by atoms with E-state index < -0.39 is 0 Å². The first-order chi connectivity index (χ1) is 10.3. The van der Waals surface area contributed by atoms with Crippen LogP contribution >= 0.6 is 15.9 Å². The molecule has 3 rings (SSSR count). The minimum absolute atomic E-state index is 0.529. The Morgan fingerprint density at radius 1 is 1.05 bits per heavy atom. The van der Waals surface area contributed by atoms with Gasteiger partial charge < -0.3 is 5.32 Å². The van der Waals surface area contributed by atoms with Gasteiger partial charge in [-0.25, -0.2) is 0 Å². The first-order valence-corrected chi connectivity index (χ1v) is 8.33. The van der Waals surface area contributed by atoms with E-state index in [4.69, 9.17) is 0 Å². The zero-order valence-electron chi connectivity index (χ0n) is 12.1. The SMILES string of the molecule is Brc1ccccc1C[C@@H]1CN(Cc2ccccc2)CCN1. The fraction of sp³-hybridized carbons (Fsp3) is 0.333. The lowest BCUT2D eigenvalue weighted by atomic mass is 10.0. The van der Waals surface area contributed by atoms with E-state index in [1.165, 1.54) is 15.6 Å². The quantitative estimate of drug-likeness (QED) is 0.913. The highest BCUT2D eigenvalue weighted by Gasteiger charge is 2.20. The zero-order chi connectivity index (χ0) is 14.5. The summed E-state index contributed by atoms with van der Waals surface area (Å²) in [5, 5.41) is 3.65. The number of piperazine rings is 1. The maximum Gasteiger partial charge on any atom is 0.0236 e. The van der Waals surface area contributed by atoms with Gasteiger partial charge in [0.1, 0.15) is 0 Å². The predicted molar refractivity (Wildman–Crippen MR) is 91.4 cm³/mol. The van der Waals surface area contributed by atoms with Crippen molar-refractivity contribution in [1.82, 2.24) is 10.2 Å². The van der Waals surface area contributed by atoms with Crippen LogP contribution in [0.5, 0.6) is 0 Å². The van der Waals surface area contributed by atoms with Crippen LogP contribution in [0, 0.1) is 0 Å². The molecule has 110 valence electrons. The molecule has 1 aliphatic heterocycles. The first kappa shape index (κ1) is 14.8. The minimum Gasteiger partial charge on any atom is -0.311 e. The van der Waals surface area contributed by atoms with Gasteiger partial charge in [-0.3, -0.25) is 4.90 Å². The van der Waals surface area contributed by atoms with Gasteiger partial charge in [0, 0.05) is 36.7 Å². The smallest absolute Gasteiger partial charge is 0.0236 e. The van der Waals surface area contributed by atoms with Gasteiger partial charge in [-0.2, -0.15) is 0 Å². The van der Waals surface area contributed by atoms with Crippen molar-refractivity contribution >= 4 is 15.9 Å². The van der Waals surface area contributed by atoms with E-state index in [9.17, 15) is 0 Å².